The quantitative estimate of drug-likeness (QED) is 0.767. The van der Waals surface area contributed by atoms with Crippen molar-refractivity contribution in [2.24, 2.45) is 0 Å². The number of aliphatic hydroxyl groups is 1. The van der Waals surface area contributed by atoms with Crippen molar-refractivity contribution in [2.75, 3.05) is 25.1 Å². The smallest absolute Gasteiger partial charge is 0.319 e. The number of ether oxygens (including phenoxy) is 3. The number of carbonyl (C=O) groups is 1. The molecule has 2 aliphatic rings. The Kier molecular flexibility index (Phi) is 4.56. The molecule has 1 aromatic carbocycles. The van der Waals surface area contributed by atoms with E-state index in [0.717, 1.165) is 12.8 Å². The van der Waals surface area contributed by atoms with Crippen LogP contribution in [0.5, 0.6) is 11.5 Å². The highest BCUT2D eigenvalue weighted by Crippen LogP contribution is 2.43. The van der Waals surface area contributed by atoms with Crippen molar-refractivity contribution < 1.29 is 24.1 Å². The zero-order chi connectivity index (χ0) is 17.2. The first-order valence-corrected chi connectivity index (χ1v) is 8.33. The summed E-state index contributed by atoms with van der Waals surface area (Å²) in [5.74, 6) is 0.684. The topological polar surface area (TPSA) is 89.1 Å². The molecule has 3 N–H and O–H groups in total. The van der Waals surface area contributed by atoms with E-state index >= 15 is 0 Å². The van der Waals surface area contributed by atoms with Crippen molar-refractivity contribution in [3.05, 3.63) is 18.2 Å². The predicted octanol–water partition coefficient (Wildman–Crippen LogP) is 2.25. The fourth-order valence-corrected chi connectivity index (χ4v) is 2.98. The van der Waals surface area contributed by atoms with Crippen LogP contribution in [0.25, 0.3) is 0 Å². The van der Waals surface area contributed by atoms with Crippen LogP contribution < -0.4 is 20.1 Å². The van der Waals surface area contributed by atoms with Crippen molar-refractivity contribution >= 4 is 11.7 Å². The van der Waals surface area contributed by atoms with Crippen LogP contribution in [0.15, 0.2) is 18.2 Å². The summed E-state index contributed by atoms with van der Waals surface area (Å²) in [6.45, 7) is 4.71. The second-order valence-corrected chi connectivity index (χ2v) is 6.30. The molecule has 7 nitrogen and oxygen atoms in total. The van der Waals surface area contributed by atoms with Crippen LogP contribution in [0.4, 0.5) is 10.5 Å². The molecule has 7 heteroatoms. The van der Waals surface area contributed by atoms with Gasteiger partial charge in [0.05, 0.1) is 18.8 Å². The highest BCUT2D eigenvalue weighted by Gasteiger charge is 2.39. The third-order valence-corrected chi connectivity index (χ3v) is 4.66. The molecule has 3 rings (SSSR count). The molecule has 0 spiro atoms. The lowest BCUT2D eigenvalue weighted by atomic mass is 10.0. The minimum Gasteiger partial charge on any atom is -0.448 e. The third kappa shape index (κ3) is 3.14. The summed E-state index contributed by atoms with van der Waals surface area (Å²) in [5.41, 5.74) is -0.107. The standard InChI is InChI=1S/C17H24N2O5/c1-3-17(4-2)23-13-6-5-12(9-14(13)24-17)18-15(21)19-16(10-20)7-8-22-11-16/h5-6,9,20H,3-4,7-8,10-11H2,1-2H3,(H2,18,19,21)/t16-/m0/s1. The van der Waals surface area contributed by atoms with Crippen LogP contribution in [0.1, 0.15) is 33.1 Å². The largest absolute Gasteiger partial charge is 0.448 e. The summed E-state index contributed by atoms with van der Waals surface area (Å²) in [5, 5.41) is 15.1. The Morgan fingerprint density at radius 2 is 2.00 bits per heavy atom. The number of carbonyl (C=O) groups excluding carboxylic acids is 1. The van der Waals surface area contributed by atoms with Gasteiger partial charge in [0.25, 0.3) is 5.79 Å². The molecule has 1 aromatic rings. The van der Waals surface area contributed by atoms with Crippen LogP contribution in [-0.4, -0.2) is 42.3 Å². The SMILES string of the molecule is CCC1(CC)Oc2ccc(NC(=O)N[C@]3(CO)CCOC3)cc2O1. The molecule has 0 unspecified atom stereocenters. The van der Waals surface area contributed by atoms with Crippen LogP contribution in [0.2, 0.25) is 0 Å². The summed E-state index contributed by atoms with van der Waals surface area (Å²) < 4.78 is 17.1. The van der Waals surface area contributed by atoms with E-state index < -0.39 is 11.3 Å². The van der Waals surface area contributed by atoms with Gasteiger partial charge in [-0.15, -0.1) is 0 Å². The number of anilines is 1. The van der Waals surface area contributed by atoms with E-state index in [1.54, 1.807) is 18.2 Å². The summed E-state index contributed by atoms with van der Waals surface area (Å²) >= 11 is 0. The predicted molar refractivity (Wildman–Crippen MR) is 88.4 cm³/mol. The normalized spacial score (nSPS) is 24.0. The number of aliphatic hydroxyl groups excluding tert-OH is 1. The monoisotopic (exact) mass is 336 g/mol. The highest BCUT2D eigenvalue weighted by atomic mass is 16.7. The number of benzene rings is 1. The zero-order valence-electron chi connectivity index (χ0n) is 14.1. The van der Waals surface area contributed by atoms with Gasteiger partial charge in [-0.3, -0.25) is 0 Å². The Balaban J connectivity index is 1.66. The Bertz CT molecular complexity index is 609. The van der Waals surface area contributed by atoms with Gasteiger partial charge < -0.3 is 30.0 Å². The van der Waals surface area contributed by atoms with Gasteiger partial charge in [0.1, 0.15) is 0 Å². The van der Waals surface area contributed by atoms with Crippen molar-refractivity contribution in [3.8, 4) is 11.5 Å². The molecule has 1 saturated heterocycles. The number of urea groups is 1. The van der Waals surface area contributed by atoms with E-state index in [1.807, 2.05) is 13.8 Å². The van der Waals surface area contributed by atoms with Gasteiger partial charge in [0.2, 0.25) is 0 Å². The van der Waals surface area contributed by atoms with Crippen LogP contribution in [0, 0.1) is 0 Å². The average Bonchev–Trinajstić information content (AvgIpc) is 3.19. The third-order valence-electron chi connectivity index (χ3n) is 4.66. The molecule has 0 aromatic heterocycles. The van der Waals surface area contributed by atoms with Gasteiger partial charge in [-0.05, 0) is 18.6 Å². The van der Waals surface area contributed by atoms with E-state index in [0.29, 0.717) is 36.8 Å². The van der Waals surface area contributed by atoms with E-state index in [-0.39, 0.29) is 12.6 Å². The summed E-state index contributed by atoms with van der Waals surface area (Å²) in [6.07, 6.45) is 2.06. The van der Waals surface area contributed by atoms with Crippen molar-refractivity contribution in [2.45, 2.75) is 44.4 Å². The van der Waals surface area contributed by atoms with Crippen molar-refractivity contribution in [1.29, 1.82) is 0 Å². The Labute approximate surface area is 141 Å². The average molecular weight is 336 g/mol. The summed E-state index contributed by atoms with van der Waals surface area (Å²) in [6, 6.07) is 4.92. The van der Waals surface area contributed by atoms with Gasteiger partial charge in [0.15, 0.2) is 11.5 Å². The molecule has 2 amide bonds. The maximum Gasteiger partial charge on any atom is 0.319 e. The van der Waals surface area contributed by atoms with E-state index in [1.165, 1.54) is 0 Å². The molecule has 0 bridgehead atoms. The van der Waals surface area contributed by atoms with Crippen LogP contribution in [0.3, 0.4) is 0 Å². The van der Waals surface area contributed by atoms with Gasteiger partial charge in [-0.25, -0.2) is 4.79 Å². The summed E-state index contributed by atoms with van der Waals surface area (Å²) in [7, 11) is 0. The summed E-state index contributed by atoms with van der Waals surface area (Å²) in [4.78, 5) is 12.2. The number of rotatable bonds is 5. The molecule has 0 saturated carbocycles. The lowest BCUT2D eigenvalue weighted by molar-refractivity contribution is -0.0843. The highest BCUT2D eigenvalue weighted by molar-refractivity contribution is 5.90. The number of hydrogen-bond acceptors (Lipinski definition) is 5. The molecular formula is C17H24N2O5. The van der Waals surface area contributed by atoms with Gasteiger partial charge >= 0.3 is 6.03 Å². The first-order chi connectivity index (χ1) is 11.5. The number of nitrogens with one attached hydrogen (secondary N) is 2. The van der Waals surface area contributed by atoms with E-state index in [2.05, 4.69) is 10.6 Å². The zero-order valence-corrected chi connectivity index (χ0v) is 14.1. The van der Waals surface area contributed by atoms with E-state index in [4.69, 9.17) is 14.2 Å². The molecule has 2 heterocycles. The maximum atomic E-state index is 12.2. The lowest BCUT2D eigenvalue weighted by Gasteiger charge is -2.26. The van der Waals surface area contributed by atoms with Crippen LogP contribution >= 0.6 is 0 Å². The molecule has 0 aliphatic carbocycles. The van der Waals surface area contributed by atoms with Gasteiger partial charge in [0, 0.05) is 31.2 Å². The maximum absolute atomic E-state index is 12.2. The van der Waals surface area contributed by atoms with Crippen molar-refractivity contribution in [1.82, 2.24) is 5.32 Å². The number of fused-ring (bicyclic) bond motifs is 1. The fraction of sp³-hybridized carbons (Fsp3) is 0.588. The fourth-order valence-electron chi connectivity index (χ4n) is 2.98. The van der Waals surface area contributed by atoms with Crippen LogP contribution in [-0.2, 0) is 4.74 Å². The molecular weight excluding hydrogens is 312 g/mol. The van der Waals surface area contributed by atoms with Gasteiger partial charge in [-0.1, -0.05) is 13.8 Å². The first kappa shape index (κ1) is 16.9. The first-order valence-electron chi connectivity index (χ1n) is 8.33. The van der Waals surface area contributed by atoms with Crippen molar-refractivity contribution in [3.63, 3.8) is 0 Å². The molecule has 0 radical (unpaired) electrons. The molecule has 132 valence electrons. The number of amides is 2. The minimum atomic E-state index is -0.708. The lowest BCUT2D eigenvalue weighted by Crippen LogP contribution is -2.53. The molecule has 1 atom stereocenters. The van der Waals surface area contributed by atoms with Gasteiger partial charge in [-0.2, -0.15) is 0 Å². The number of hydrogen-bond donors (Lipinski definition) is 3. The Morgan fingerprint density at radius 3 is 2.62 bits per heavy atom. The Hall–Kier alpha value is -1.99. The Morgan fingerprint density at radius 1 is 1.25 bits per heavy atom. The second kappa shape index (κ2) is 6.49. The second-order valence-electron chi connectivity index (χ2n) is 6.30. The molecule has 2 aliphatic heterocycles. The van der Waals surface area contributed by atoms with E-state index in [9.17, 15) is 9.90 Å². The molecule has 1 fully saturated rings. The minimum absolute atomic E-state index is 0.156. The molecule has 24 heavy (non-hydrogen) atoms.